The zero-order valence-corrected chi connectivity index (χ0v) is 11.9. The molecule has 102 valence electrons. The fourth-order valence-corrected chi connectivity index (χ4v) is 4.42. The van der Waals surface area contributed by atoms with Crippen molar-refractivity contribution in [2.24, 2.45) is 5.92 Å². The largest absolute Gasteiger partial charge is 0.314 e. The molecule has 0 unspecified atom stereocenters. The van der Waals surface area contributed by atoms with Gasteiger partial charge in [-0.1, -0.05) is 23.8 Å². The number of benzene rings is 1. The van der Waals surface area contributed by atoms with Gasteiger partial charge in [0, 0.05) is 25.2 Å². The van der Waals surface area contributed by atoms with Gasteiger partial charge in [0.1, 0.15) is 0 Å². The van der Waals surface area contributed by atoms with Crippen LogP contribution in [0.2, 0.25) is 0 Å². The predicted molar refractivity (Wildman–Crippen MR) is 78.3 cm³/mol. The second-order valence-corrected chi connectivity index (χ2v) is 6.66. The first-order chi connectivity index (χ1) is 9.31. The van der Waals surface area contributed by atoms with Crippen molar-refractivity contribution >= 4 is 0 Å². The lowest BCUT2D eigenvalue weighted by atomic mass is 9.77. The van der Waals surface area contributed by atoms with E-state index in [2.05, 4.69) is 35.3 Å². The minimum Gasteiger partial charge on any atom is -0.314 e. The first-order valence-electron chi connectivity index (χ1n) is 7.88. The number of fused-ring (bicyclic) bond motifs is 4. The maximum atomic E-state index is 3.77. The van der Waals surface area contributed by atoms with E-state index in [1.54, 1.807) is 11.1 Å². The van der Waals surface area contributed by atoms with Crippen LogP contribution in [0.1, 0.15) is 42.0 Å². The van der Waals surface area contributed by atoms with Gasteiger partial charge in [-0.2, -0.15) is 0 Å². The van der Waals surface area contributed by atoms with E-state index in [0.29, 0.717) is 6.04 Å². The SMILES string of the molecule is Cc1ccc2c(c1)[C@H]1C[C@@H]3NCCC[C@@H]3CN1CC2. The molecule has 4 rings (SSSR count). The Morgan fingerprint density at radius 1 is 1.32 bits per heavy atom. The van der Waals surface area contributed by atoms with Gasteiger partial charge in [-0.3, -0.25) is 4.90 Å². The van der Waals surface area contributed by atoms with Crippen LogP contribution < -0.4 is 5.32 Å². The van der Waals surface area contributed by atoms with E-state index in [-0.39, 0.29) is 0 Å². The molecule has 0 aliphatic carbocycles. The van der Waals surface area contributed by atoms with Crippen LogP contribution in [0.15, 0.2) is 18.2 Å². The summed E-state index contributed by atoms with van der Waals surface area (Å²) < 4.78 is 0. The van der Waals surface area contributed by atoms with Gasteiger partial charge < -0.3 is 5.32 Å². The van der Waals surface area contributed by atoms with Crippen LogP contribution in [0.4, 0.5) is 0 Å². The number of aryl methyl sites for hydroxylation is 1. The van der Waals surface area contributed by atoms with Gasteiger partial charge in [-0.25, -0.2) is 0 Å². The highest BCUT2D eigenvalue weighted by molar-refractivity contribution is 5.36. The predicted octanol–water partition coefficient (Wildman–Crippen LogP) is 2.67. The monoisotopic (exact) mass is 256 g/mol. The molecular weight excluding hydrogens is 232 g/mol. The number of hydrogen-bond donors (Lipinski definition) is 1. The van der Waals surface area contributed by atoms with Crippen molar-refractivity contribution in [3.63, 3.8) is 0 Å². The van der Waals surface area contributed by atoms with Crippen LogP contribution in [0, 0.1) is 12.8 Å². The number of rotatable bonds is 0. The first-order valence-corrected chi connectivity index (χ1v) is 7.88. The van der Waals surface area contributed by atoms with Gasteiger partial charge in [-0.05, 0) is 56.2 Å². The smallest absolute Gasteiger partial charge is 0.0366 e. The number of hydrogen-bond acceptors (Lipinski definition) is 2. The Labute approximate surface area is 116 Å². The van der Waals surface area contributed by atoms with Crippen molar-refractivity contribution in [1.29, 1.82) is 0 Å². The van der Waals surface area contributed by atoms with Crippen molar-refractivity contribution in [2.75, 3.05) is 19.6 Å². The highest BCUT2D eigenvalue weighted by Gasteiger charge is 2.39. The average molecular weight is 256 g/mol. The van der Waals surface area contributed by atoms with E-state index in [1.807, 2.05) is 0 Å². The summed E-state index contributed by atoms with van der Waals surface area (Å²) in [6, 6.07) is 8.52. The molecule has 0 bridgehead atoms. The van der Waals surface area contributed by atoms with E-state index >= 15 is 0 Å². The average Bonchev–Trinajstić information content (AvgIpc) is 2.45. The molecule has 19 heavy (non-hydrogen) atoms. The zero-order chi connectivity index (χ0) is 12.8. The molecule has 3 aliphatic rings. The Morgan fingerprint density at radius 3 is 3.21 bits per heavy atom. The molecule has 1 aromatic carbocycles. The topological polar surface area (TPSA) is 15.3 Å². The Hall–Kier alpha value is -0.860. The van der Waals surface area contributed by atoms with E-state index in [1.165, 1.54) is 50.9 Å². The lowest BCUT2D eigenvalue weighted by Crippen LogP contribution is -2.54. The molecule has 3 aliphatic heterocycles. The first kappa shape index (κ1) is 11.9. The molecule has 2 fully saturated rings. The van der Waals surface area contributed by atoms with Crippen molar-refractivity contribution < 1.29 is 0 Å². The summed E-state index contributed by atoms with van der Waals surface area (Å²) in [6.45, 7) is 6.04. The summed E-state index contributed by atoms with van der Waals surface area (Å²) in [4.78, 5) is 2.76. The van der Waals surface area contributed by atoms with Crippen LogP contribution >= 0.6 is 0 Å². The normalized spacial score (nSPS) is 34.3. The summed E-state index contributed by atoms with van der Waals surface area (Å²) in [6.07, 6.45) is 5.37. The molecule has 1 N–H and O–H groups in total. The third-order valence-corrected chi connectivity index (χ3v) is 5.44. The minimum absolute atomic E-state index is 0.676. The van der Waals surface area contributed by atoms with Crippen LogP contribution in [-0.4, -0.2) is 30.6 Å². The van der Waals surface area contributed by atoms with Gasteiger partial charge in [0.05, 0.1) is 0 Å². The van der Waals surface area contributed by atoms with Gasteiger partial charge in [-0.15, -0.1) is 0 Å². The summed E-state index contributed by atoms with van der Waals surface area (Å²) in [5.41, 5.74) is 4.64. The molecule has 2 saturated heterocycles. The zero-order valence-electron chi connectivity index (χ0n) is 11.9. The van der Waals surface area contributed by atoms with Gasteiger partial charge in [0.25, 0.3) is 0 Å². The summed E-state index contributed by atoms with van der Waals surface area (Å²) in [5.74, 6) is 0.899. The summed E-state index contributed by atoms with van der Waals surface area (Å²) in [7, 11) is 0. The van der Waals surface area contributed by atoms with Crippen molar-refractivity contribution in [3.8, 4) is 0 Å². The lowest BCUT2D eigenvalue weighted by molar-refractivity contribution is 0.0552. The molecule has 0 radical (unpaired) electrons. The fourth-order valence-electron chi connectivity index (χ4n) is 4.42. The Bertz CT molecular complexity index is 482. The molecule has 0 amide bonds. The Kier molecular flexibility index (Phi) is 2.89. The maximum absolute atomic E-state index is 3.77. The number of piperidine rings is 2. The Morgan fingerprint density at radius 2 is 2.26 bits per heavy atom. The molecule has 3 atom stereocenters. The van der Waals surface area contributed by atoms with Crippen LogP contribution in [-0.2, 0) is 6.42 Å². The van der Waals surface area contributed by atoms with Gasteiger partial charge in [0.15, 0.2) is 0 Å². The standard InChI is InChI=1S/C17H24N2/c1-12-4-5-13-6-8-19-11-14-3-2-7-18-16(14)10-17(19)15(13)9-12/h4-5,9,14,16-18H,2-3,6-8,10-11H2,1H3/t14-,16+,17-/m1/s1. The fraction of sp³-hybridized carbons (Fsp3) is 0.647. The molecular formula is C17H24N2. The molecule has 0 saturated carbocycles. The third-order valence-electron chi connectivity index (χ3n) is 5.44. The second kappa shape index (κ2) is 4.60. The quantitative estimate of drug-likeness (QED) is 0.768. The number of nitrogens with zero attached hydrogens (tertiary/aromatic N) is 1. The molecule has 0 spiro atoms. The highest BCUT2D eigenvalue weighted by Crippen LogP contribution is 2.40. The van der Waals surface area contributed by atoms with Crippen LogP contribution in [0.5, 0.6) is 0 Å². The molecule has 2 heteroatoms. The van der Waals surface area contributed by atoms with Crippen molar-refractivity contribution in [3.05, 3.63) is 34.9 Å². The van der Waals surface area contributed by atoms with E-state index in [9.17, 15) is 0 Å². The van der Waals surface area contributed by atoms with Crippen LogP contribution in [0.3, 0.4) is 0 Å². The summed E-state index contributed by atoms with van der Waals surface area (Å²) >= 11 is 0. The molecule has 1 aromatic rings. The van der Waals surface area contributed by atoms with Gasteiger partial charge in [0.2, 0.25) is 0 Å². The minimum atomic E-state index is 0.676. The lowest BCUT2D eigenvalue weighted by Gasteiger charge is -2.49. The van der Waals surface area contributed by atoms with E-state index in [4.69, 9.17) is 0 Å². The van der Waals surface area contributed by atoms with Crippen molar-refractivity contribution in [1.82, 2.24) is 10.2 Å². The second-order valence-electron chi connectivity index (χ2n) is 6.66. The summed E-state index contributed by atoms with van der Waals surface area (Å²) in [5, 5.41) is 3.77. The molecule has 2 nitrogen and oxygen atoms in total. The molecule has 3 heterocycles. The maximum Gasteiger partial charge on any atom is 0.0366 e. The van der Waals surface area contributed by atoms with Crippen molar-refractivity contribution in [2.45, 2.75) is 44.7 Å². The number of nitrogens with one attached hydrogen (secondary N) is 1. The highest BCUT2D eigenvalue weighted by atomic mass is 15.2. The van der Waals surface area contributed by atoms with Gasteiger partial charge >= 0.3 is 0 Å². The molecule has 0 aromatic heterocycles. The Balaban J connectivity index is 1.66. The van der Waals surface area contributed by atoms with Crippen LogP contribution in [0.25, 0.3) is 0 Å². The third kappa shape index (κ3) is 2.02. The van der Waals surface area contributed by atoms with E-state index in [0.717, 1.165) is 12.0 Å². The van der Waals surface area contributed by atoms with E-state index < -0.39 is 0 Å².